The summed E-state index contributed by atoms with van der Waals surface area (Å²) in [5, 5.41) is 3.51. The molecule has 0 aliphatic rings. The van der Waals surface area contributed by atoms with E-state index in [4.69, 9.17) is 0 Å². The highest BCUT2D eigenvalue weighted by atomic mass is 32.2. The lowest BCUT2D eigenvalue weighted by Gasteiger charge is -2.11. The summed E-state index contributed by atoms with van der Waals surface area (Å²) in [7, 11) is 0. The second-order valence-electron chi connectivity index (χ2n) is 5.08. The standard InChI is InChI=1S/C15H23N3S/c1-5-19-9-12(4)16-8-15-17-13-6-10(2)11(3)7-14(13)18-15/h6-7,12,16H,5,8-9H2,1-4H3,(H,17,18). The van der Waals surface area contributed by atoms with Gasteiger partial charge >= 0.3 is 0 Å². The van der Waals surface area contributed by atoms with Gasteiger partial charge in [-0.25, -0.2) is 4.98 Å². The number of benzene rings is 1. The van der Waals surface area contributed by atoms with E-state index < -0.39 is 0 Å². The highest BCUT2D eigenvalue weighted by Gasteiger charge is 2.06. The first-order valence-corrected chi connectivity index (χ1v) is 8.02. The number of aryl methyl sites for hydroxylation is 2. The van der Waals surface area contributed by atoms with E-state index in [2.05, 4.69) is 55.1 Å². The summed E-state index contributed by atoms with van der Waals surface area (Å²) in [6, 6.07) is 4.85. The Bertz CT molecular complexity index is 509. The lowest BCUT2D eigenvalue weighted by Crippen LogP contribution is -2.28. The summed E-state index contributed by atoms with van der Waals surface area (Å²) in [4.78, 5) is 8.04. The van der Waals surface area contributed by atoms with Crippen LogP contribution in [0.3, 0.4) is 0 Å². The van der Waals surface area contributed by atoms with Crippen LogP contribution >= 0.6 is 11.8 Å². The van der Waals surface area contributed by atoms with Crippen LogP contribution in [0, 0.1) is 13.8 Å². The van der Waals surface area contributed by atoms with Crippen LogP contribution in [0.15, 0.2) is 12.1 Å². The van der Waals surface area contributed by atoms with E-state index in [1.165, 1.54) is 16.9 Å². The van der Waals surface area contributed by atoms with Crippen molar-refractivity contribution < 1.29 is 0 Å². The highest BCUT2D eigenvalue weighted by Crippen LogP contribution is 2.17. The van der Waals surface area contributed by atoms with Gasteiger partial charge in [0.15, 0.2) is 0 Å². The topological polar surface area (TPSA) is 40.7 Å². The van der Waals surface area contributed by atoms with Crippen molar-refractivity contribution in [1.82, 2.24) is 15.3 Å². The van der Waals surface area contributed by atoms with E-state index >= 15 is 0 Å². The van der Waals surface area contributed by atoms with Crippen molar-refractivity contribution in [3.05, 3.63) is 29.1 Å². The van der Waals surface area contributed by atoms with Crippen LogP contribution in [0.5, 0.6) is 0 Å². The van der Waals surface area contributed by atoms with Crippen LogP contribution < -0.4 is 5.32 Å². The third kappa shape index (κ3) is 3.74. The monoisotopic (exact) mass is 277 g/mol. The molecule has 0 bridgehead atoms. The maximum atomic E-state index is 4.64. The van der Waals surface area contributed by atoms with Gasteiger partial charge < -0.3 is 10.3 Å². The first-order valence-electron chi connectivity index (χ1n) is 6.87. The summed E-state index contributed by atoms with van der Waals surface area (Å²) in [6.45, 7) is 9.49. The van der Waals surface area contributed by atoms with Crippen LogP contribution in [-0.4, -0.2) is 27.5 Å². The van der Waals surface area contributed by atoms with Gasteiger partial charge in [0.2, 0.25) is 0 Å². The van der Waals surface area contributed by atoms with Crippen molar-refractivity contribution in [3.63, 3.8) is 0 Å². The van der Waals surface area contributed by atoms with E-state index in [0.717, 1.165) is 29.2 Å². The minimum atomic E-state index is 0.515. The molecule has 3 nitrogen and oxygen atoms in total. The molecular formula is C15H23N3S. The Morgan fingerprint density at radius 3 is 2.79 bits per heavy atom. The van der Waals surface area contributed by atoms with Crippen molar-refractivity contribution >= 4 is 22.8 Å². The molecule has 0 saturated heterocycles. The molecular weight excluding hydrogens is 254 g/mol. The van der Waals surface area contributed by atoms with E-state index in [1.54, 1.807) is 0 Å². The normalized spacial score (nSPS) is 13.1. The molecule has 0 amide bonds. The molecule has 0 fully saturated rings. The smallest absolute Gasteiger partial charge is 0.121 e. The molecule has 2 aromatic rings. The zero-order valence-electron chi connectivity index (χ0n) is 12.2. The fourth-order valence-electron chi connectivity index (χ4n) is 2.03. The molecule has 1 unspecified atom stereocenters. The second-order valence-corrected chi connectivity index (χ2v) is 6.40. The highest BCUT2D eigenvalue weighted by molar-refractivity contribution is 7.99. The van der Waals surface area contributed by atoms with Gasteiger partial charge in [-0.3, -0.25) is 0 Å². The first kappa shape index (κ1) is 14.4. The van der Waals surface area contributed by atoms with Gasteiger partial charge in [0.05, 0.1) is 17.6 Å². The number of aromatic nitrogens is 2. The van der Waals surface area contributed by atoms with Crippen LogP contribution in [0.25, 0.3) is 11.0 Å². The summed E-state index contributed by atoms with van der Waals surface area (Å²) < 4.78 is 0. The number of aromatic amines is 1. The van der Waals surface area contributed by atoms with Gasteiger partial charge in [-0.2, -0.15) is 11.8 Å². The van der Waals surface area contributed by atoms with Crippen molar-refractivity contribution in [2.75, 3.05) is 11.5 Å². The molecule has 1 atom stereocenters. The molecule has 19 heavy (non-hydrogen) atoms. The number of fused-ring (bicyclic) bond motifs is 1. The quantitative estimate of drug-likeness (QED) is 0.850. The predicted molar refractivity (Wildman–Crippen MR) is 84.9 cm³/mol. The maximum Gasteiger partial charge on any atom is 0.121 e. The molecule has 2 N–H and O–H groups in total. The van der Waals surface area contributed by atoms with Gasteiger partial charge in [-0.1, -0.05) is 6.92 Å². The van der Waals surface area contributed by atoms with Crippen molar-refractivity contribution in [2.45, 2.75) is 40.3 Å². The molecule has 104 valence electrons. The van der Waals surface area contributed by atoms with E-state index in [0.29, 0.717) is 6.04 Å². The number of imidazole rings is 1. The van der Waals surface area contributed by atoms with Crippen molar-refractivity contribution in [2.24, 2.45) is 0 Å². The molecule has 1 aromatic carbocycles. The van der Waals surface area contributed by atoms with Crippen LogP contribution in [-0.2, 0) is 6.54 Å². The lowest BCUT2D eigenvalue weighted by molar-refractivity contribution is 0.582. The SMILES string of the molecule is CCSCC(C)NCc1nc2cc(C)c(C)cc2[nH]1. The first-order chi connectivity index (χ1) is 9.10. The third-order valence-corrected chi connectivity index (χ3v) is 4.48. The van der Waals surface area contributed by atoms with Gasteiger partial charge in [0.25, 0.3) is 0 Å². The summed E-state index contributed by atoms with van der Waals surface area (Å²) >= 11 is 1.97. The third-order valence-electron chi connectivity index (χ3n) is 3.34. The Morgan fingerprint density at radius 1 is 1.32 bits per heavy atom. The van der Waals surface area contributed by atoms with Crippen LogP contribution in [0.2, 0.25) is 0 Å². The Labute approximate surface area is 119 Å². The molecule has 0 aliphatic carbocycles. The average molecular weight is 277 g/mol. The summed E-state index contributed by atoms with van der Waals surface area (Å²) in [5.41, 5.74) is 4.81. The number of nitrogens with one attached hydrogen (secondary N) is 2. The molecule has 0 saturated carbocycles. The van der Waals surface area contributed by atoms with Gasteiger partial charge in [-0.05, 0) is 49.8 Å². The number of hydrogen-bond donors (Lipinski definition) is 2. The van der Waals surface area contributed by atoms with Crippen LogP contribution in [0.1, 0.15) is 30.8 Å². The van der Waals surface area contributed by atoms with Crippen molar-refractivity contribution in [3.8, 4) is 0 Å². The Balaban J connectivity index is 2.01. The molecule has 2 rings (SSSR count). The molecule has 0 radical (unpaired) electrons. The number of H-pyrrole nitrogens is 1. The second kappa shape index (κ2) is 6.44. The van der Waals surface area contributed by atoms with Crippen LogP contribution in [0.4, 0.5) is 0 Å². The number of hydrogen-bond acceptors (Lipinski definition) is 3. The van der Waals surface area contributed by atoms with E-state index in [1.807, 2.05) is 11.8 Å². The fraction of sp³-hybridized carbons (Fsp3) is 0.533. The molecule has 0 spiro atoms. The van der Waals surface area contributed by atoms with Crippen molar-refractivity contribution in [1.29, 1.82) is 0 Å². The minimum Gasteiger partial charge on any atom is -0.341 e. The molecule has 0 aliphatic heterocycles. The zero-order chi connectivity index (χ0) is 13.8. The van der Waals surface area contributed by atoms with Gasteiger partial charge in [0.1, 0.15) is 5.82 Å². The largest absolute Gasteiger partial charge is 0.341 e. The molecule has 1 heterocycles. The Hall–Kier alpha value is -1.00. The maximum absolute atomic E-state index is 4.64. The lowest BCUT2D eigenvalue weighted by atomic mass is 10.1. The summed E-state index contributed by atoms with van der Waals surface area (Å²) in [6.07, 6.45) is 0. The van der Waals surface area contributed by atoms with Gasteiger partial charge in [-0.15, -0.1) is 0 Å². The summed E-state index contributed by atoms with van der Waals surface area (Å²) in [5.74, 6) is 3.35. The number of nitrogens with zero attached hydrogens (tertiary/aromatic N) is 1. The van der Waals surface area contributed by atoms with E-state index in [-0.39, 0.29) is 0 Å². The van der Waals surface area contributed by atoms with E-state index in [9.17, 15) is 0 Å². The zero-order valence-corrected chi connectivity index (χ0v) is 13.0. The molecule has 1 aromatic heterocycles. The Kier molecular flexibility index (Phi) is 4.88. The number of rotatable bonds is 6. The number of thioether (sulfide) groups is 1. The van der Waals surface area contributed by atoms with Gasteiger partial charge in [0, 0.05) is 11.8 Å². The minimum absolute atomic E-state index is 0.515. The average Bonchev–Trinajstić information content (AvgIpc) is 2.76. The molecule has 4 heteroatoms. The fourth-order valence-corrected chi connectivity index (χ4v) is 2.74. The Morgan fingerprint density at radius 2 is 2.05 bits per heavy atom. The predicted octanol–water partition coefficient (Wildman–Crippen LogP) is 3.41.